The molecule has 1 aliphatic rings. The van der Waals surface area contributed by atoms with E-state index >= 15 is 0 Å². The molecule has 21 heavy (non-hydrogen) atoms. The van der Waals surface area contributed by atoms with Crippen LogP contribution in [0.15, 0.2) is 18.2 Å². The molecule has 0 aromatic heterocycles. The Labute approximate surface area is 128 Å². The molecule has 3 atom stereocenters. The monoisotopic (exact) mass is 309 g/mol. The summed E-state index contributed by atoms with van der Waals surface area (Å²) in [6.45, 7) is 6.17. The van der Waals surface area contributed by atoms with Crippen molar-refractivity contribution in [2.24, 2.45) is 11.7 Å². The van der Waals surface area contributed by atoms with Crippen molar-refractivity contribution in [1.82, 2.24) is 0 Å². The average molecular weight is 309 g/mol. The molecule has 0 aliphatic heterocycles. The lowest BCUT2D eigenvalue weighted by Gasteiger charge is -2.27. The van der Waals surface area contributed by atoms with Gasteiger partial charge >= 0.3 is 0 Å². The van der Waals surface area contributed by atoms with Crippen LogP contribution >= 0.6 is 0 Å². The van der Waals surface area contributed by atoms with E-state index < -0.39 is 15.9 Å². The molecular weight excluding hydrogens is 282 g/mol. The number of rotatable bonds is 4. The number of aryl methyl sites for hydroxylation is 2. The lowest BCUT2D eigenvalue weighted by atomic mass is 9.91. The van der Waals surface area contributed by atoms with Gasteiger partial charge in [-0.2, -0.15) is 0 Å². The highest BCUT2D eigenvalue weighted by Crippen LogP contribution is 2.30. The summed E-state index contributed by atoms with van der Waals surface area (Å²) < 4.78 is 25.2. The van der Waals surface area contributed by atoms with Crippen molar-refractivity contribution >= 4 is 9.84 Å². The fraction of sp³-hybridized carbons (Fsp3) is 0.647. The van der Waals surface area contributed by atoms with E-state index in [0.29, 0.717) is 5.92 Å². The Balaban J connectivity index is 2.12. The molecule has 2 N–H and O–H groups in total. The van der Waals surface area contributed by atoms with Crippen molar-refractivity contribution in [2.45, 2.75) is 57.7 Å². The van der Waals surface area contributed by atoms with Gasteiger partial charge in [0, 0.05) is 6.04 Å². The highest BCUT2D eigenvalue weighted by atomic mass is 32.2. The third kappa shape index (κ3) is 4.07. The largest absolute Gasteiger partial charge is 0.323 e. The van der Waals surface area contributed by atoms with Gasteiger partial charge in [0.1, 0.15) is 0 Å². The summed E-state index contributed by atoms with van der Waals surface area (Å²) in [5, 5.41) is -0.196. The summed E-state index contributed by atoms with van der Waals surface area (Å²) in [4.78, 5) is 0. The van der Waals surface area contributed by atoms with Crippen molar-refractivity contribution in [2.75, 3.05) is 5.75 Å². The molecule has 0 amide bonds. The summed E-state index contributed by atoms with van der Waals surface area (Å²) >= 11 is 0. The smallest absolute Gasteiger partial charge is 0.155 e. The first-order valence-corrected chi connectivity index (χ1v) is 9.55. The van der Waals surface area contributed by atoms with Gasteiger partial charge in [-0.15, -0.1) is 0 Å². The molecule has 1 saturated carbocycles. The number of sulfone groups is 1. The van der Waals surface area contributed by atoms with Crippen LogP contribution in [-0.2, 0) is 9.84 Å². The Morgan fingerprint density at radius 3 is 2.62 bits per heavy atom. The van der Waals surface area contributed by atoms with E-state index in [9.17, 15) is 8.42 Å². The molecule has 4 heteroatoms. The van der Waals surface area contributed by atoms with Crippen LogP contribution in [0.25, 0.3) is 0 Å². The number of benzene rings is 1. The standard InChI is InChI=1S/C17H27NO2S/c1-12-5-4-6-15(10-12)21(19,20)11-17(18)16-8-7-13(2)9-14(16)3/h7-9,12,15,17H,4-6,10-11,18H2,1-3H3. The highest BCUT2D eigenvalue weighted by Gasteiger charge is 2.31. The van der Waals surface area contributed by atoms with E-state index in [1.165, 1.54) is 5.56 Å². The molecule has 0 spiro atoms. The van der Waals surface area contributed by atoms with Gasteiger partial charge in [-0.25, -0.2) is 8.42 Å². The zero-order chi connectivity index (χ0) is 15.6. The van der Waals surface area contributed by atoms with E-state index in [2.05, 4.69) is 13.0 Å². The van der Waals surface area contributed by atoms with Crippen LogP contribution in [0.3, 0.4) is 0 Å². The molecule has 1 aromatic rings. The minimum Gasteiger partial charge on any atom is -0.323 e. The third-order valence-electron chi connectivity index (χ3n) is 4.63. The molecule has 3 nitrogen and oxygen atoms in total. The van der Waals surface area contributed by atoms with Crippen LogP contribution in [0.2, 0.25) is 0 Å². The fourth-order valence-electron chi connectivity index (χ4n) is 3.42. The van der Waals surface area contributed by atoms with Gasteiger partial charge in [0.05, 0.1) is 11.0 Å². The quantitative estimate of drug-likeness (QED) is 0.928. The van der Waals surface area contributed by atoms with E-state index in [-0.39, 0.29) is 11.0 Å². The Morgan fingerprint density at radius 1 is 1.29 bits per heavy atom. The lowest BCUT2D eigenvalue weighted by molar-refractivity contribution is 0.381. The van der Waals surface area contributed by atoms with Crippen molar-refractivity contribution in [3.63, 3.8) is 0 Å². The first kappa shape index (κ1) is 16.5. The normalized spacial score (nSPS) is 24.8. The number of hydrogen-bond donors (Lipinski definition) is 1. The minimum atomic E-state index is -3.12. The van der Waals surface area contributed by atoms with Gasteiger partial charge < -0.3 is 5.73 Å². The third-order valence-corrected chi connectivity index (χ3v) is 6.90. The van der Waals surface area contributed by atoms with Gasteiger partial charge in [0.2, 0.25) is 0 Å². The van der Waals surface area contributed by atoms with E-state index in [1.807, 2.05) is 26.0 Å². The van der Waals surface area contributed by atoms with Crippen molar-refractivity contribution in [3.05, 3.63) is 34.9 Å². The first-order valence-electron chi connectivity index (χ1n) is 7.84. The number of hydrogen-bond acceptors (Lipinski definition) is 3. The lowest BCUT2D eigenvalue weighted by Crippen LogP contribution is -2.33. The zero-order valence-corrected chi connectivity index (χ0v) is 14.1. The SMILES string of the molecule is Cc1ccc(C(N)CS(=O)(=O)C2CCCC(C)C2)c(C)c1. The molecule has 0 heterocycles. The molecule has 0 radical (unpaired) electrons. The van der Waals surface area contributed by atoms with Crippen molar-refractivity contribution in [1.29, 1.82) is 0 Å². The van der Waals surface area contributed by atoms with E-state index in [0.717, 1.165) is 36.8 Å². The summed E-state index contributed by atoms with van der Waals surface area (Å²) in [6, 6.07) is 5.60. The Morgan fingerprint density at radius 2 is 2.00 bits per heavy atom. The summed E-state index contributed by atoms with van der Waals surface area (Å²) in [7, 11) is -3.12. The topological polar surface area (TPSA) is 60.2 Å². The molecule has 1 aromatic carbocycles. The highest BCUT2D eigenvalue weighted by molar-refractivity contribution is 7.92. The maximum atomic E-state index is 12.6. The molecule has 3 unspecified atom stereocenters. The van der Waals surface area contributed by atoms with Gasteiger partial charge in [-0.1, -0.05) is 43.5 Å². The Kier molecular flexibility index (Phi) is 5.10. The Bertz CT molecular complexity index is 595. The van der Waals surface area contributed by atoms with E-state index in [4.69, 9.17) is 5.73 Å². The second-order valence-electron chi connectivity index (χ2n) is 6.69. The van der Waals surface area contributed by atoms with Crippen LogP contribution in [0.5, 0.6) is 0 Å². The molecule has 1 aliphatic carbocycles. The van der Waals surface area contributed by atoms with Crippen LogP contribution in [0.1, 0.15) is 55.3 Å². The maximum absolute atomic E-state index is 12.6. The van der Waals surface area contributed by atoms with Crippen LogP contribution < -0.4 is 5.73 Å². The van der Waals surface area contributed by atoms with E-state index in [1.54, 1.807) is 0 Å². The fourth-order valence-corrected chi connectivity index (χ4v) is 5.52. The number of nitrogens with two attached hydrogens (primary N) is 1. The molecule has 0 bridgehead atoms. The predicted molar refractivity (Wildman–Crippen MR) is 88.1 cm³/mol. The second kappa shape index (κ2) is 6.49. The van der Waals surface area contributed by atoms with Gasteiger partial charge in [0.15, 0.2) is 9.84 Å². The van der Waals surface area contributed by atoms with Crippen molar-refractivity contribution in [3.8, 4) is 0 Å². The molecule has 118 valence electrons. The summed E-state index contributed by atoms with van der Waals surface area (Å²) in [6.07, 6.45) is 3.76. The zero-order valence-electron chi connectivity index (χ0n) is 13.3. The minimum absolute atomic E-state index is 0.0638. The molecular formula is C17H27NO2S. The molecule has 1 fully saturated rings. The second-order valence-corrected chi connectivity index (χ2v) is 9.02. The predicted octanol–water partition coefficient (Wildman–Crippen LogP) is 3.30. The van der Waals surface area contributed by atoms with Gasteiger partial charge in [0.25, 0.3) is 0 Å². The van der Waals surface area contributed by atoms with Crippen molar-refractivity contribution < 1.29 is 8.42 Å². The maximum Gasteiger partial charge on any atom is 0.155 e. The molecule has 0 saturated heterocycles. The first-order chi connectivity index (χ1) is 9.79. The van der Waals surface area contributed by atoms with Crippen LogP contribution in [0.4, 0.5) is 0 Å². The van der Waals surface area contributed by atoms with Gasteiger partial charge in [-0.05, 0) is 43.7 Å². The summed E-state index contributed by atoms with van der Waals surface area (Å²) in [5.41, 5.74) is 9.40. The summed E-state index contributed by atoms with van der Waals surface area (Å²) in [5.74, 6) is 0.574. The van der Waals surface area contributed by atoms with Crippen LogP contribution in [0, 0.1) is 19.8 Å². The van der Waals surface area contributed by atoms with Gasteiger partial charge in [-0.3, -0.25) is 0 Å². The van der Waals surface area contributed by atoms with Crippen LogP contribution in [-0.4, -0.2) is 19.4 Å². The Hall–Kier alpha value is -0.870. The average Bonchev–Trinajstić information content (AvgIpc) is 2.37. The molecule has 2 rings (SSSR count).